The van der Waals surface area contributed by atoms with Crippen molar-refractivity contribution in [3.63, 3.8) is 0 Å². The first-order chi connectivity index (χ1) is 10.6. The second kappa shape index (κ2) is 7.24. The van der Waals surface area contributed by atoms with Gasteiger partial charge in [-0.25, -0.2) is 9.78 Å². The number of aromatic amines is 1. The zero-order chi connectivity index (χ0) is 15.9. The molecule has 1 heterocycles. The number of imidazole rings is 1. The summed E-state index contributed by atoms with van der Waals surface area (Å²) in [7, 11) is 0. The van der Waals surface area contributed by atoms with Crippen molar-refractivity contribution in [1.29, 1.82) is 5.26 Å². The highest BCUT2D eigenvalue weighted by molar-refractivity contribution is 5.88. The molecule has 0 saturated carbocycles. The summed E-state index contributed by atoms with van der Waals surface area (Å²) in [6.07, 6.45) is 0.242. The second-order valence-corrected chi connectivity index (χ2v) is 4.36. The Labute approximate surface area is 127 Å². The number of hydrogen-bond donors (Lipinski definition) is 2. The van der Waals surface area contributed by atoms with E-state index in [0.29, 0.717) is 17.0 Å². The molecule has 1 aromatic carbocycles. The van der Waals surface area contributed by atoms with Crippen molar-refractivity contribution >= 4 is 5.97 Å². The average Bonchev–Trinajstić information content (AvgIpc) is 2.96. The molecule has 0 bridgehead atoms. The van der Waals surface area contributed by atoms with E-state index in [0.717, 1.165) is 0 Å². The van der Waals surface area contributed by atoms with Gasteiger partial charge in [0, 0.05) is 0 Å². The van der Waals surface area contributed by atoms with Crippen molar-refractivity contribution in [1.82, 2.24) is 9.97 Å². The molecule has 0 radical (unpaired) electrons. The van der Waals surface area contributed by atoms with Gasteiger partial charge < -0.3 is 19.6 Å². The molecule has 1 atom stereocenters. The standard InChI is InChI=1S/C15H15N3O4/c1-2-21-15(20)14-12(17-9-18-14)7-13(19)22-11-5-3-10(8-16)4-6-11/h3-6,9,13,19H,2,7H2,1H3,(H,17,18). The Bertz CT molecular complexity index is 673. The maximum absolute atomic E-state index is 11.7. The summed E-state index contributed by atoms with van der Waals surface area (Å²) in [5, 5.41) is 18.7. The number of aliphatic hydroxyl groups excluding tert-OH is 1. The van der Waals surface area contributed by atoms with Gasteiger partial charge in [-0.1, -0.05) is 0 Å². The van der Waals surface area contributed by atoms with E-state index < -0.39 is 12.3 Å². The van der Waals surface area contributed by atoms with Crippen molar-refractivity contribution in [2.24, 2.45) is 0 Å². The molecule has 0 saturated heterocycles. The van der Waals surface area contributed by atoms with Crippen molar-refractivity contribution in [2.75, 3.05) is 6.61 Å². The van der Waals surface area contributed by atoms with Crippen LogP contribution in [0.25, 0.3) is 0 Å². The number of ether oxygens (including phenoxy) is 2. The van der Waals surface area contributed by atoms with Gasteiger partial charge in [0.15, 0.2) is 5.69 Å². The summed E-state index contributed by atoms with van der Waals surface area (Å²) in [4.78, 5) is 18.3. The van der Waals surface area contributed by atoms with Gasteiger partial charge in [0.1, 0.15) is 5.75 Å². The Hall–Kier alpha value is -2.85. The van der Waals surface area contributed by atoms with E-state index in [9.17, 15) is 9.90 Å². The number of aliphatic hydroxyl groups is 1. The Morgan fingerprint density at radius 1 is 1.45 bits per heavy atom. The first-order valence-electron chi connectivity index (χ1n) is 6.68. The summed E-state index contributed by atoms with van der Waals surface area (Å²) < 4.78 is 10.2. The van der Waals surface area contributed by atoms with E-state index in [4.69, 9.17) is 14.7 Å². The van der Waals surface area contributed by atoms with Crippen LogP contribution < -0.4 is 4.74 Å². The normalized spacial score (nSPS) is 11.5. The third kappa shape index (κ3) is 3.84. The maximum Gasteiger partial charge on any atom is 0.358 e. The Balaban J connectivity index is 2.00. The van der Waals surface area contributed by atoms with Gasteiger partial charge in [-0.15, -0.1) is 0 Å². The minimum Gasteiger partial charge on any atom is -0.465 e. The van der Waals surface area contributed by atoms with Crippen LogP contribution in [0.5, 0.6) is 5.75 Å². The number of aromatic nitrogens is 2. The molecular formula is C15H15N3O4. The molecule has 0 aliphatic heterocycles. The second-order valence-electron chi connectivity index (χ2n) is 4.36. The van der Waals surface area contributed by atoms with Crippen LogP contribution in [-0.4, -0.2) is 33.9 Å². The SMILES string of the molecule is CCOC(=O)c1nc[nH]c1CC(O)Oc1ccc(C#N)cc1. The number of nitrogens with one attached hydrogen (secondary N) is 1. The third-order valence-corrected chi connectivity index (χ3v) is 2.82. The third-order valence-electron chi connectivity index (χ3n) is 2.82. The average molecular weight is 301 g/mol. The molecule has 0 amide bonds. The summed E-state index contributed by atoms with van der Waals surface area (Å²) in [5.41, 5.74) is 1.06. The van der Waals surface area contributed by atoms with Gasteiger partial charge in [-0.2, -0.15) is 5.26 Å². The van der Waals surface area contributed by atoms with Crippen LogP contribution in [0, 0.1) is 11.3 Å². The number of H-pyrrole nitrogens is 1. The van der Waals surface area contributed by atoms with Crippen molar-refractivity contribution < 1.29 is 19.4 Å². The van der Waals surface area contributed by atoms with Gasteiger partial charge in [0.2, 0.25) is 6.29 Å². The molecular weight excluding hydrogens is 286 g/mol. The number of rotatable bonds is 6. The summed E-state index contributed by atoms with van der Waals surface area (Å²) >= 11 is 0. The Kier molecular flexibility index (Phi) is 5.11. The lowest BCUT2D eigenvalue weighted by Gasteiger charge is -2.13. The summed E-state index contributed by atoms with van der Waals surface area (Å²) in [6.45, 7) is 1.95. The highest BCUT2D eigenvalue weighted by atomic mass is 16.6. The topological polar surface area (TPSA) is 108 Å². The van der Waals surface area contributed by atoms with E-state index in [1.165, 1.54) is 6.33 Å². The van der Waals surface area contributed by atoms with Crippen LogP contribution in [-0.2, 0) is 11.2 Å². The molecule has 0 fully saturated rings. The highest BCUT2D eigenvalue weighted by Gasteiger charge is 2.19. The van der Waals surface area contributed by atoms with Gasteiger partial charge in [0.25, 0.3) is 0 Å². The lowest BCUT2D eigenvalue weighted by atomic mass is 10.2. The number of benzene rings is 1. The molecule has 2 N–H and O–H groups in total. The highest BCUT2D eigenvalue weighted by Crippen LogP contribution is 2.15. The lowest BCUT2D eigenvalue weighted by Crippen LogP contribution is -2.20. The smallest absolute Gasteiger partial charge is 0.358 e. The molecule has 1 aromatic heterocycles. The lowest BCUT2D eigenvalue weighted by molar-refractivity contribution is -0.0166. The van der Waals surface area contributed by atoms with E-state index in [2.05, 4.69) is 9.97 Å². The maximum atomic E-state index is 11.7. The van der Waals surface area contributed by atoms with Gasteiger partial charge in [0.05, 0.1) is 36.7 Å². The van der Waals surface area contributed by atoms with Crippen LogP contribution in [0.15, 0.2) is 30.6 Å². The molecule has 7 nitrogen and oxygen atoms in total. The summed E-state index contributed by atoms with van der Waals surface area (Å²) in [6, 6.07) is 8.33. The van der Waals surface area contributed by atoms with E-state index in [-0.39, 0.29) is 18.7 Å². The monoisotopic (exact) mass is 301 g/mol. The number of carbonyl (C=O) groups is 1. The van der Waals surface area contributed by atoms with Crippen molar-refractivity contribution in [3.8, 4) is 11.8 Å². The molecule has 2 aromatic rings. The Morgan fingerprint density at radius 3 is 2.82 bits per heavy atom. The molecule has 114 valence electrons. The largest absolute Gasteiger partial charge is 0.465 e. The van der Waals surface area contributed by atoms with Crippen molar-refractivity contribution in [2.45, 2.75) is 19.6 Å². The van der Waals surface area contributed by atoms with E-state index >= 15 is 0 Å². The molecule has 22 heavy (non-hydrogen) atoms. The fraction of sp³-hybridized carbons (Fsp3) is 0.267. The zero-order valence-corrected chi connectivity index (χ0v) is 11.9. The van der Waals surface area contributed by atoms with Gasteiger partial charge in [-0.3, -0.25) is 0 Å². The fourth-order valence-corrected chi connectivity index (χ4v) is 1.83. The van der Waals surface area contributed by atoms with Gasteiger partial charge >= 0.3 is 5.97 Å². The quantitative estimate of drug-likeness (QED) is 0.616. The number of nitrogens with zero attached hydrogens (tertiary/aromatic N) is 2. The predicted molar refractivity (Wildman–Crippen MR) is 76.0 cm³/mol. The predicted octanol–water partition coefficient (Wildman–Crippen LogP) is 1.40. The molecule has 0 aliphatic carbocycles. The Morgan fingerprint density at radius 2 is 2.18 bits per heavy atom. The van der Waals surface area contributed by atoms with Crippen LogP contribution in [0.4, 0.5) is 0 Å². The molecule has 2 rings (SSSR count). The first-order valence-corrected chi connectivity index (χ1v) is 6.68. The van der Waals surface area contributed by atoms with Crippen molar-refractivity contribution in [3.05, 3.63) is 47.5 Å². The van der Waals surface area contributed by atoms with Crippen LogP contribution >= 0.6 is 0 Å². The van der Waals surface area contributed by atoms with Gasteiger partial charge in [-0.05, 0) is 31.2 Å². The fourth-order valence-electron chi connectivity index (χ4n) is 1.83. The van der Waals surface area contributed by atoms with E-state index in [1.54, 1.807) is 31.2 Å². The summed E-state index contributed by atoms with van der Waals surface area (Å²) in [5.74, 6) is -0.131. The van der Waals surface area contributed by atoms with Crippen LogP contribution in [0.1, 0.15) is 28.7 Å². The molecule has 0 spiro atoms. The minimum atomic E-state index is -1.17. The minimum absolute atomic E-state index is 0.0498. The first kappa shape index (κ1) is 15.5. The zero-order valence-electron chi connectivity index (χ0n) is 11.9. The number of carbonyl (C=O) groups excluding carboxylic acids is 1. The van der Waals surface area contributed by atoms with Crippen LogP contribution in [0.2, 0.25) is 0 Å². The number of esters is 1. The molecule has 7 heteroatoms. The number of hydrogen-bond acceptors (Lipinski definition) is 6. The molecule has 0 aliphatic rings. The molecule has 1 unspecified atom stereocenters. The van der Waals surface area contributed by atoms with Crippen LogP contribution in [0.3, 0.4) is 0 Å². The number of nitriles is 1. The van der Waals surface area contributed by atoms with E-state index in [1.807, 2.05) is 6.07 Å².